The molecule has 0 atom stereocenters. The van der Waals surface area contributed by atoms with E-state index in [0.717, 1.165) is 0 Å². The topological polar surface area (TPSA) is 61.8 Å². The third kappa shape index (κ3) is 4.78. The van der Waals surface area contributed by atoms with Gasteiger partial charge in [-0.25, -0.2) is 0 Å². The Morgan fingerprint density at radius 1 is 1.13 bits per heavy atom. The summed E-state index contributed by atoms with van der Waals surface area (Å²) in [6.07, 6.45) is -1.31. The molecule has 0 aliphatic carbocycles. The summed E-state index contributed by atoms with van der Waals surface area (Å²) in [6.45, 7) is -0.633. The molecule has 0 unspecified atom stereocenters. The molecule has 0 N–H and O–H groups in total. The van der Waals surface area contributed by atoms with Gasteiger partial charge in [0.05, 0.1) is 13.2 Å². The van der Waals surface area contributed by atoms with Gasteiger partial charge in [-0.3, -0.25) is 4.18 Å². The molecule has 0 radical (unpaired) electrons. The second kappa shape index (κ2) is 5.64. The lowest BCUT2D eigenvalue weighted by Gasteiger charge is -2.16. The zero-order valence-corrected chi connectivity index (χ0v) is 8.89. The highest BCUT2D eigenvalue weighted by molar-refractivity contribution is 7.87. The molecule has 0 fully saturated rings. The van der Waals surface area contributed by atoms with Crippen molar-refractivity contribution >= 4 is 10.1 Å². The third-order valence-corrected chi connectivity index (χ3v) is 2.34. The van der Waals surface area contributed by atoms with Crippen molar-refractivity contribution in [3.8, 4) is 0 Å². The number of alkyl halides is 3. The Kier molecular flexibility index (Phi) is 5.49. The van der Waals surface area contributed by atoms with E-state index in [1.807, 2.05) is 0 Å². The van der Waals surface area contributed by atoms with Crippen LogP contribution in [0.3, 0.4) is 0 Å². The zero-order valence-electron chi connectivity index (χ0n) is 8.07. The van der Waals surface area contributed by atoms with Gasteiger partial charge >= 0.3 is 15.6 Å². The van der Waals surface area contributed by atoms with Crippen molar-refractivity contribution < 1.29 is 35.2 Å². The smallest absolute Gasteiger partial charge is 0.382 e. The predicted octanol–water partition coefficient (Wildman–Crippen LogP) is 0.514. The fraction of sp³-hybridized carbons (Fsp3) is 1.00. The molecule has 0 heterocycles. The van der Waals surface area contributed by atoms with Gasteiger partial charge in [0.15, 0.2) is 0 Å². The lowest BCUT2D eigenvalue weighted by atomic mass is 10.4. The number of rotatable bonds is 6. The zero-order chi connectivity index (χ0) is 12.1. The average molecular weight is 252 g/mol. The van der Waals surface area contributed by atoms with Gasteiger partial charge in [0.1, 0.15) is 6.10 Å². The monoisotopic (exact) mass is 252 g/mol. The Morgan fingerprint density at radius 3 is 1.80 bits per heavy atom. The van der Waals surface area contributed by atoms with Crippen molar-refractivity contribution in [2.24, 2.45) is 0 Å². The van der Waals surface area contributed by atoms with Crippen LogP contribution in [0.5, 0.6) is 0 Å². The molecule has 0 rings (SSSR count). The van der Waals surface area contributed by atoms with E-state index in [1.54, 1.807) is 0 Å². The minimum atomic E-state index is -5.60. The van der Waals surface area contributed by atoms with E-state index in [4.69, 9.17) is 0 Å². The minimum absolute atomic E-state index is 0.316. The van der Waals surface area contributed by atoms with Gasteiger partial charge in [-0.2, -0.15) is 21.6 Å². The number of hydrogen-bond donors (Lipinski definition) is 0. The van der Waals surface area contributed by atoms with Crippen LogP contribution in [0, 0.1) is 0 Å². The Bertz CT molecular complexity index is 267. The Labute approximate surface area is 85.2 Å². The minimum Gasteiger partial charge on any atom is -0.382 e. The van der Waals surface area contributed by atoms with Crippen LogP contribution in [-0.2, 0) is 23.8 Å². The molecule has 0 spiro atoms. The van der Waals surface area contributed by atoms with E-state index in [1.165, 1.54) is 14.2 Å². The summed E-state index contributed by atoms with van der Waals surface area (Å²) < 4.78 is 69.6. The molecule has 0 aromatic rings. The largest absolute Gasteiger partial charge is 0.523 e. The van der Waals surface area contributed by atoms with Crippen molar-refractivity contribution in [1.29, 1.82) is 0 Å². The molecular formula is C6H11F3O5S. The summed E-state index contributed by atoms with van der Waals surface area (Å²) in [5.74, 6) is 0. The summed E-state index contributed by atoms with van der Waals surface area (Å²) in [5, 5.41) is 0. The van der Waals surface area contributed by atoms with Crippen molar-refractivity contribution in [3.05, 3.63) is 0 Å². The standard InChI is InChI=1S/C6H11F3O5S/c1-12-3-5(4-13-2)14-15(10,11)6(7,8)9/h5H,3-4H2,1-2H3. The first kappa shape index (κ1) is 14.6. The van der Waals surface area contributed by atoms with Crippen LogP contribution >= 0.6 is 0 Å². The summed E-state index contributed by atoms with van der Waals surface area (Å²) in [6, 6.07) is 0. The fourth-order valence-electron chi connectivity index (χ4n) is 0.709. The molecule has 0 aliphatic heterocycles. The van der Waals surface area contributed by atoms with Gasteiger partial charge in [0.25, 0.3) is 0 Å². The van der Waals surface area contributed by atoms with E-state index in [9.17, 15) is 21.6 Å². The highest BCUT2D eigenvalue weighted by Gasteiger charge is 2.48. The van der Waals surface area contributed by atoms with E-state index < -0.39 is 21.7 Å². The van der Waals surface area contributed by atoms with Crippen LogP contribution in [-0.4, -0.2) is 47.5 Å². The van der Waals surface area contributed by atoms with Gasteiger partial charge in [0, 0.05) is 14.2 Å². The first-order valence-electron chi connectivity index (χ1n) is 3.72. The van der Waals surface area contributed by atoms with Crippen molar-refractivity contribution in [2.45, 2.75) is 11.6 Å². The predicted molar refractivity (Wildman–Crippen MR) is 43.6 cm³/mol. The van der Waals surface area contributed by atoms with Crippen LogP contribution in [0.25, 0.3) is 0 Å². The third-order valence-electron chi connectivity index (χ3n) is 1.25. The SMILES string of the molecule is COCC(COC)OS(=O)(=O)C(F)(F)F. The highest BCUT2D eigenvalue weighted by Crippen LogP contribution is 2.25. The molecule has 0 amide bonds. The molecule has 0 saturated carbocycles. The number of hydrogen-bond acceptors (Lipinski definition) is 5. The molecule has 0 aromatic heterocycles. The second-order valence-electron chi connectivity index (χ2n) is 2.53. The van der Waals surface area contributed by atoms with E-state index >= 15 is 0 Å². The maximum atomic E-state index is 11.9. The van der Waals surface area contributed by atoms with Gasteiger partial charge in [-0.15, -0.1) is 0 Å². The maximum Gasteiger partial charge on any atom is 0.523 e. The normalized spacial score (nSPS) is 13.5. The number of methoxy groups -OCH3 is 2. The highest BCUT2D eigenvalue weighted by atomic mass is 32.2. The van der Waals surface area contributed by atoms with E-state index in [2.05, 4.69) is 13.7 Å². The van der Waals surface area contributed by atoms with Crippen molar-refractivity contribution in [3.63, 3.8) is 0 Å². The lowest BCUT2D eigenvalue weighted by molar-refractivity contribution is -0.0638. The first-order chi connectivity index (χ1) is 6.74. The average Bonchev–Trinajstić information content (AvgIpc) is 2.02. The van der Waals surface area contributed by atoms with Crippen molar-refractivity contribution in [2.75, 3.05) is 27.4 Å². The molecule has 5 nitrogen and oxygen atoms in total. The summed E-state index contributed by atoms with van der Waals surface area (Å²) >= 11 is 0. The number of ether oxygens (including phenoxy) is 2. The van der Waals surface area contributed by atoms with E-state index in [-0.39, 0.29) is 13.2 Å². The van der Waals surface area contributed by atoms with Crippen molar-refractivity contribution in [1.82, 2.24) is 0 Å². The van der Waals surface area contributed by atoms with Gasteiger partial charge in [0.2, 0.25) is 0 Å². The lowest BCUT2D eigenvalue weighted by Crippen LogP contribution is -2.34. The molecule has 9 heteroatoms. The molecule has 92 valence electrons. The molecule has 0 saturated heterocycles. The first-order valence-corrected chi connectivity index (χ1v) is 5.13. The maximum absolute atomic E-state index is 11.9. The molecular weight excluding hydrogens is 241 g/mol. The quantitative estimate of drug-likeness (QED) is 0.509. The van der Waals surface area contributed by atoms with Gasteiger partial charge in [-0.1, -0.05) is 0 Å². The fourth-order valence-corrected chi connectivity index (χ4v) is 1.29. The Balaban J connectivity index is 4.53. The Morgan fingerprint density at radius 2 is 1.53 bits per heavy atom. The number of halogens is 3. The summed E-state index contributed by atoms with van der Waals surface area (Å²) in [7, 11) is -3.20. The van der Waals surface area contributed by atoms with Crippen LogP contribution in [0.4, 0.5) is 13.2 Å². The molecule has 0 bridgehead atoms. The second-order valence-corrected chi connectivity index (χ2v) is 4.09. The van der Waals surface area contributed by atoms with Crippen LogP contribution in [0.15, 0.2) is 0 Å². The van der Waals surface area contributed by atoms with Crippen LogP contribution < -0.4 is 0 Å². The van der Waals surface area contributed by atoms with E-state index in [0.29, 0.717) is 0 Å². The summed E-state index contributed by atoms with van der Waals surface area (Å²) in [4.78, 5) is 0. The Hall–Kier alpha value is -0.380. The molecule has 0 aromatic carbocycles. The van der Waals surface area contributed by atoms with Gasteiger partial charge in [-0.05, 0) is 0 Å². The molecule has 0 aliphatic rings. The van der Waals surface area contributed by atoms with Crippen LogP contribution in [0.1, 0.15) is 0 Å². The van der Waals surface area contributed by atoms with Crippen LogP contribution in [0.2, 0.25) is 0 Å². The summed E-state index contributed by atoms with van der Waals surface area (Å²) in [5.41, 5.74) is -5.44. The van der Waals surface area contributed by atoms with Gasteiger partial charge < -0.3 is 9.47 Å². The molecule has 15 heavy (non-hydrogen) atoms.